The van der Waals surface area contributed by atoms with Crippen molar-refractivity contribution in [3.8, 4) is 17.2 Å². The average Bonchev–Trinajstić information content (AvgIpc) is 3.78. The molecule has 3 aromatic carbocycles. The first kappa shape index (κ1) is 36.0. The Morgan fingerprint density at radius 1 is 1.06 bits per heavy atom. The van der Waals surface area contributed by atoms with E-state index in [0.29, 0.717) is 49.7 Å². The maximum atomic E-state index is 14.4. The molecule has 0 unspecified atom stereocenters. The van der Waals surface area contributed by atoms with E-state index in [1.54, 1.807) is 12.0 Å². The van der Waals surface area contributed by atoms with Crippen LogP contribution in [-0.4, -0.2) is 88.7 Å². The molecule has 0 aromatic heterocycles. The zero-order valence-corrected chi connectivity index (χ0v) is 31.9. The predicted octanol–water partition coefficient (Wildman–Crippen LogP) is 2.26. The van der Waals surface area contributed by atoms with Crippen molar-refractivity contribution in [2.24, 2.45) is 5.92 Å². The summed E-state index contributed by atoms with van der Waals surface area (Å²) in [4.78, 5) is 53.6. The first-order valence-electron chi connectivity index (χ1n) is 17.2. The number of amides is 2. The zero-order valence-electron chi connectivity index (χ0n) is 29.7. The predicted molar refractivity (Wildman–Crippen MR) is 191 cm³/mol. The Labute approximate surface area is 299 Å². The van der Waals surface area contributed by atoms with Gasteiger partial charge in [-0.3, -0.25) is 4.79 Å². The number of para-hydroxylation sites is 1. The second-order valence-corrected chi connectivity index (χ2v) is 26.0. The number of likely N-dealkylation sites (tertiary alicyclic amines) is 1. The van der Waals surface area contributed by atoms with Crippen LogP contribution in [0.15, 0.2) is 60.7 Å². The Bertz CT molecular complexity index is 1740. The first-order valence-corrected chi connectivity index (χ1v) is 25.2. The zero-order chi connectivity index (χ0) is 35.6. The summed E-state index contributed by atoms with van der Waals surface area (Å²) in [5, 5.41) is 10.8. The molecule has 2 amide bonds. The summed E-state index contributed by atoms with van der Waals surface area (Å²) in [7, 11) is 1.55. The van der Waals surface area contributed by atoms with Crippen LogP contribution in [-0.2, 0) is 25.2 Å². The number of carboxylic acid groups (broad SMARTS) is 1. The summed E-state index contributed by atoms with van der Waals surface area (Å²) in [6.45, 7) is 3.51. The molecule has 3 heterocycles. The number of nitrogens with zero attached hydrogens (tertiary/aromatic N) is 3. The Morgan fingerprint density at radius 3 is 2.60 bits per heavy atom. The Balaban J connectivity index is 1.33. The van der Waals surface area contributed by atoms with Gasteiger partial charge in [-0.05, 0) is 11.6 Å². The summed E-state index contributed by atoms with van der Waals surface area (Å²) >= 11 is -1.83. The van der Waals surface area contributed by atoms with Crippen molar-refractivity contribution in [3.05, 3.63) is 77.4 Å². The molecule has 3 aliphatic rings. The molecular weight excluding hydrogens is 749 g/mol. The Kier molecular flexibility index (Phi) is 10.9. The van der Waals surface area contributed by atoms with Gasteiger partial charge in [-0.2, -0.15) is 0 Å². The third-order valence-electron chi connectivity index (χ3n) is 9.87. The van der Waals surface area contributed by atoms with Crippen LogP contribution in [0.4, 0.5) is 11.4 Å². The molecule has 0 saturated carbocycles. The van der Waals surface area contributed by atoms with Crippen LogP contribution < -0.4 is 42.4 Å². The molecule has 0 aliphatic carbocycles. The molecular formula is C39H49IN3O7-. The van der Waals surface area contributed by atoms with E-state index >= 15 is 0 Å². The molecule has 3 aromatic rings. The molecule has 50 heavy (non-hydrogen) atoms. The van der Waals surface area contributed by atoms with Crippen molar-refractivity contribution >= 4 is 29.2 Å². The van der Waals surface area contributed by atoms with Crippen molar-refractivity contribution in [3.63, 3.8) is 0 Å². The normalized spacial score (nSPS) is 20.2. The summed E-state index contributed by atoms with van der Waals surface area (Å²) < 4.78 is 18.0. The van der Waals surface area contributed by atoms with Crippen molar-refractivity contribution in [2.75, 3.05) is 64.7 Å². The van der Waals surface area contributed by atoms with E-state index in [9.17, 15) is 19.5 Å². The molecule has 270 valence electrons. The summed E-state index contributed by atoms with van der Waals surface area (Å²) in [5.41, 5.74) is 4.72. The van der Waals surface area contributed by atoms with Crippen LogP contribution >= 0.6 is 0 Å². The Morgan fingerprint density at radius 2 is 1.86 bits per heavy atom. The molecule has 0 radical (unpaired) electrons. The average molecular weight is 799 g/mol. The van der Waals surface area contributed by atoms with Gasteiger partial charge in [0.1, 0.15) is 0 Å². The van der Waals surface area contributed by atoms with Gasteiger partial charge in [0, 0.05) is 5.69 Å². The van der Waals surface area contributed by atoms with Gasteiger partial charge in [0.05, 0.1) is 13.5 Å². The molecule has 3 atom stereocenters. The number of methoxy groups -OCH3 is 1. The van der Waals surface area contributed by atoms with Crippen LogP contribution in [0.5, 0.6) is 17.2 Å². The van der Waals surface area contributed by atoms with Crippen molar-refractivity contribution < 1.29 is 52.1 Å². The fourth-order valence-corrected chi connectivity index (χ4v) is 10.7. The van der Waals surface area contributed by atoms with E-state index in [4.69, 9.17) is 14.2 Å². The van der Waals surface area contributed by atoms with Gasteiger partial charge in [0.15, 0.2) is 11.5 Å². The minimum absolute atomic E-state index is 0.000558. The van der Waals surface area contributed by atoms with Gasteiger partial charge in [0.2, 0.25) is 18.4 Å². The van der Waals surface area contributed by atoms with Crippen LogP contribution in [0.2, 0.25) is 0 Å². The summed E-state index contributed by atoms with van der Waals surface area (Å²) in [6.07, 6.45) is 2.51. The van der Waals surface area contributed by atoms with Gasteiger partial charge in [-0.25, -0.2) is 0 Å². The topological polar surface area (TPSA) is 109 Å². The van der Waals surface area contributed by atoms with Crippen LogP contribution in [0.3, 0.4) is 0 Å². The van der Waals surface area contributed by atoms with E-state index in [1.165, 1.54) is 5.56 Å². The van der Waals surface area contributed by atoms with Crippen LogP contribution in [0.1, 0.15) is 48.8 Å². The number of rotatable bonds is 14. The van der Waals surface area contributed by atoms with Crippen molar-refractivity contribution in [1.82, 2.24) is 4.90 Å². The summed E-state index contributed by atoms with van der Waals surface area (Å²) in [5.74, 6) is -0.809. The SMILES string of the molecule is CCCCN(C(=O)CN1C[C@H](c2cc(OC)c3c(c2)OCO3)[C@@H](C(=O)O)[C@@H]1CCN1C(=O)Cc2ccccc21)c1cccc(C[I-](C)(C)C)c1. The number of hydrogen-bond acceptors (Lipinski definition) is 7. The number of carbonyl (C=O) groups excluding carboxylic acids is 2. The van der Waals surface area contributed by atoms with E-state index in [0.717, 1.165) is 39.8 Å². The third kappa shape index (κ3) is 7.73. The molecule has 0 bridgehead atoms. The molecule has 1 fully saturated rings. The Hall–Kier alpha value is -3.84. The maximum absolute atomic E-state index is 14.4. The number of ether oxygens (including phenoxy) is 3. The number of carbonyl (C=O) groups is 3. The van der Waals surface area contributed by atoms with Gasteiger partial charge in [-0.15, -0.1) is 0 Å². The fourth-order valence-electron chi connectivity index (χ4n) is 7.62. The number of anilines is 2. The van der Waals surface area contributed by atoms with E-state index in [1.807, 2.05) is 58.3 Å². The number of hydrogen-bond donors (Lipinski definition) is 1. The van der Waals surface area contributed by atoms with E-state index in [-0.39, 0.29) is 25.2 Å². The molecule has 3 aliphatic heterocycles. The third-order valence-corrected chi connectivity index (χ3v) is 13.0. The quantitative estimate of drug-likeness (QED) is 0.196. The van der Waals surface area contributed by atoms with Gasteiger partial charge < -0.3 is 14.2 Å². The van der Waals surface area contributed by atoms with Gasteiger partial charge in [0.25, 0.3) is 0 Å². The molecule has 11 heteroatoms. The standard InChI is InChI=1S/C39H49IN3O7/c1-6-7-16-42(29-13-10-11-26(18-29)22-40(2,3)4)36(45)24-41-23-30(28-19-33(48-5)38-34(20-28)49-25-50-38)37(39(46)47)32(41)15-17-43-31-14-9-8-12-27(31)21-35(43)44/h8-14,18-20,30,32,37H,6-7,15-17,21-25H2,1-5H3,(H,46,47)/q-1/t30-,32+,37-/m1/s1. The number of unbranched alkanes of at least 4 members (excludes halogenated alkanes) is 1. The molecule has 0 spiro atoms. The molecule has 10 nitrogen and oxygen atoms in total. The van der Waals surface area contributed by atoms with Crippen molar-refractivity contribution in [1.29, 1.82) is 0 Å². The van der Waals surface area contributed by atoms with Crippen LogP contribution in [0.25, 0.3) is 0 Å². The fraction of sp³-hybridized carbons (Fsp3) is 0.462. The molecule has 1 N–H and O–H groups in total. The van der Waals surface area contributed by atoms with E-state index in [2.05, 4.69) is 33.8 Å². The van der Waals surface area contributed by atoms with Gasteiger partial charge in [-0.1, -0.05) is 18.2 Å². The number of halogens is 1. The minimum atomic E-state index is -1.83. The molecule has 6 rings (SSSR count). The number of aliphatic carboxylic acids is 1. The van der Waals surface area contributed by atoms with E-state index < -0.39 is 42.3 Å². The van der Waals surface area contributed by atoms with Gasteiger partial charge >= 0.3 is 202 Å². The number of benzene rings is 3. The number of alkyl halides is 4. The van der Waals surface area contributed by atoms with Crippen LogP contribution in [0, 0.1) is 5.92 Å². The molecule has 1 saturated heterocycles. The first-order chi connectivity index (χ1) is 24.0. The van der Waals surface area contributed by atoms with Crippen molar-refractivity contribution in [2.45, 2.75) is 49.0 Å². The second kappa shape index (κ2) is 15.2. The second-order valence-electron chi connectivity index (χ2n) is 14.2. The monoisotopic (exact) mass is 798 g/mol. The summed E-state index contributed by atoms with van der Waals surface area (Å²) in [6, 6.07) is 19.2. The number of carboxylic acids is 1. The number of fused-ring (bicyclic) bond motifs is 2.